The summed E-state index contributed by atoms with van der Waals surface area (Å²) in [7, 11) is 5.09. The maximum Gasteiger partial charge on any atom is 0.260 e. The molecule has 1 aliphatic heterocycles. The molecular formula is C34H37FN4O5. The van der Waals surface area contributed by atoms with Crippen molar-refractivity contribution in [2.75, 3.05) is 54.1 Å². The molecule has 3 aromatic rings. The van der Waals surface area contributed by atoms with Gasteiger partial charge < -0.3 is 29.3 Å². The molecule has 0 spiro atoms. The van der Waals surface area contributed by atoms with E-state index in [9.17, 15) is 14.0 Å². The Labute approximate surface area is 256 Å². The highest BCUT2D eigenvalue weighted by molar-refractivity contribution is 6.08. The first-order chi connectivity index (χ1) is 21.3. The zero-order valence-corrected chi connectivity index (χ0v) is 25.5. The summed E-state index contributed by atoms with van der Waals surface area (Å²) in [5.74, 6) is 0.509. The Hall–Kier alpha value is -4.70. The normalized spacial score (nSPS) is 15.8. The summed E-state index contributed by atoms with van der Waals surface area (Å²) < 4.78 is 31.6. The van der Waals surface area contributed by atoms with E-state index in [0.717, 1.165) is 46.6 Å². The summed E-state index contributed by atoms with van der Waals surface area (Å²) in [6, 6.07) is 13.8. The van der Waals surface area contributed by atoms with Gasteiger partial charge in [-0.2, -0.15) is 0 Å². The lowest BCUT2D eigenvalue weighted by Gasteiger charge is -2.32. The molecule has 230 valence electrons. The second-order valence-electron chi connectivity index (χ2n) is 10.9. The summed E-state index contributed by atoms with van der Waals surface area (Å²) in [5, 5.41) is 2.91. The Morgan fingerprint density at radius 3 is 2.39 bits per heavy atom. The third-order valence-electron chi connectivity index (χ3n) is 7.97. The minimum Gasteiger partial charge on any atom is -0.493 e. The molecule has 44 heavy (non-hydrogen) atoms. The molecule has 2 aliphatic rings. The number of methoxy groups -OCH3 is 2. The molecule has 9 nitrogen and oxygen atoms in total. The van der Waals surface area contributed by atoms with Gasteiger partial charge in [0.25, 0.3) is 5.91 Å². The topological polar surface area (TPSA) is 93.2 Å². The Morgan fingerprint density at radius 2 is 1.73 bits per heavy atom. The van der Waals surface area contributed by atoms with Gasteiger partial charge in [0.1, 0.15) is 5.82 Å². The fourth-order valence-corrected chi connectivity index (χ4v) is 5.47. The van der Waals surface area contributed by atoms with Crippen LogP contribution in [-0.2, 0) is 16.1 Å². The first-order valence-corrected chi connectivity index (χ1v) is 14.5. The van der Waals surface area contributed by atoms with Crippen LogP contribution >= 0.6 is 0 Å². The largest absolute Gasteiger partial charge is 0.493 e. The van der Waals surface area contributed by atoms with Crippen LogP contribution < -0.4 is 19.5 Å². The van der Waals surface area contributed by atoms with E-state index in [2.05, 4.69) is 15.2 Å². The summed E-state index contributed by atoms with van der Waals surface area (Å²) in [5.41, 5.74) is 5.50. The van der Waals surface area contributed by atoms with Crippen molar-refractivity contribution in [1.29, 1.82) is 0 Å². The van der Waals surface area contributed by atoms with Crippen LogP contribution in [0, 0.1) is 5.82 Å². The number of pyridine rings is 1. The van der Waals surface area contributed by atoms with E-state index in [0.29, 0.717) is 42.4 Å². The van der Waals surface area contributed by atoms with Crippen molar-refractivity contribution in [1.82, 2.24) is 20.1 Å². The summed E-state index contributed by atoms with van der Waals surface area (Å²) in [6.45, 7) is 5.06. The molecule has 1 aromatic heterocycles. The number of likely N-dealkylation sites (N-methyl/N-ethyl adjacent to an activating group) is 1. The number of fused-ring (bicyclic) bond motifs is 1. The Morgan fingerprint density at radius 1 is 1.00 bits per heavy atom. The maximum atomic E-state index is 14.4. The number of carbonyl (C=O) groups is 2. The van der Waals surface area contributed by atoms with Crippen molar-refractivity contribution < 1.29 is 28.2 Å². The molecule has 1 fully saturated rings. The lowest BCUT2D eigenvalue weighted by molar-refractivity contribution is -0.135. The number of allylic oxidation sites excluding steroid dienone is 2. The van der Waals surface area contributed by atoms with E-state index >= 15 is 0 Å². The number of benzene rings is 2. The third kappa shape index (κ3) is 6.92. The number of hydrogen-bond acceptors (Lipinski definition) is 7. The number of amides is 2. The summed E-state index contributed by atoms with van der Waals surface area (Å²) in [4.78, 5) is 34.0. The molecule has 0 unspecified atom stereocenters. The van der Waals surface area contributed by atoms with Gasteiger partial charge in [-0.15, -0.1) is 0 Å². The Kier molecular flexibility index (Phi) is 9.59. The van der Waals surface area contributed by atoms with Gasteiger partial charge in [0.2, 0.25) is 11.7 Å². The number of aromatic nitrogens is 1. The van der Waals surface area contributed by atoms with Crippen LogP contribution in [0.4, 0.5) is 4.39 Å². The lowest BCUT2D eigenvalue weighted by Crippen LogP contribution is -2.48. The Balaban J connectivity index is 1.39. The van der Waals surface area contributed by atoms with Crippen molar-refractivity contribution in [2.45, 2.75) is 19.9 Å². The van der Waals surface area contributed by atoms with Crippen molar-refractivity contribution >= 4 is 29.0 Å². The number of ether oxygens (including phenoxy) is 3. The molecule has 2 aromatic carbocycles. The molecule has 5 rings (SSSR count). The predicted molar refractivity (Wildman–Crippen MR) is 167 cm³/mol. The number of halogens is 1. The number of nitrogens with zero attached hydrogens (tertiary/aromatic N) is 3. The van der Waals surface area contributed by atoms with E-state index in [1.165, 1.54) is 26.4 Å². The summed E-state index contributed by atoms with van der Waals surface area (Å²) in [6.07, 6.45) is 3.72. The molecule has 0 atom stereocenters. The smallest absolute Gasteiger partial charge is 0.260 e. The molecule has 2 amide bonds. The van der Waals surface area contributed by atoms with Crippen LogP contribution in [0.1, 0.15) is 35.7 Å². The van der Waals surface area contributed by atoms with Crippen molar-refractivity contribution in [3.63, 3.8) is 0 Å². The zero-order valence-electron chi connectivity index (χ0n) is 25.5. The van der Waals surface area contributed by atoms with Crippen LogP contribution in [-0.4, -0.2) is 80.7 Å². The highest BCUT2D eigenvalue weighted by Crippen LogP contribution is 2.45. The molecule has 0 bridgehead atoms. The fraction of sp³-hybridized carbons (Fsp3) is 0.324. The minimum absolute atomic E-state index is 0.0905. The lowest BCUT2D eigenvalue weighted by atomic mass is 10.00. The molecular weight excluding hydrogens is 563 g/mol. The van der Waals surface area contributed by atoms with Gasteiger partial charge in [0.15, 0.2) is 18.1 Å². The van der Waals surface area contributed by atoms with Crippen LogP contribution in [0.5, 0.6) is 17.2 Å². The molecule has 1 aliphatic carbocycles. The zero-order chi connectivity index (χ0) is 31.2. The quantitative estimate of drug-likeness (QED) is 0.368. The number of nitrogens with one attached hydrogen (secondary N) is 1. The standard InChI is InChI=1S/C34H37FN4O5/c1-22-27(26-9-8-24(35)18-29(26)28(22)19-32(40)37-20-25-7-5-6-10-36-25)15-23-16-30(42-3)34(31(17-23)43-4)44-21-33(41)39-13-11-38(2)12-14-39/h5-10,15-18H,11-14,19-21H2,1-4H3,(H,37,40)/b27-15-. The number of rotatable bonds is 10. The Bertz CT molecular complexity index is 1570. The molecule has 1 N–H and O–H groups in total. The van der Waals surface area contributed by atoms with E-state index < -0.39 is 0 Å². The second-order valence-corrected chi connectivity index (χ2v) is 10.9. The first-order valence-electron chi connectivity index (χ1n) is 14.5. The van der Waals surface area contributed by atoms with Gasteiger partial charge in [0, 0.05) is 32.4 Å². The van der Waals surface area contributed by atoms with E-state index in [1.807, 2.05) is 38.2 Å². The fourth-order valence-electron chi connectivity index (χ4n) is 5.47. The van der Waals surface area contributed by atoms with E-state index in [1.54, 1.807) is 29.3 Å². The second kappa shape index (κ2) is 13.7. The predicted octanol–water partition coefficient (Wildman–Crippen LogP) is 4.42. The monoisotopic (exact) mass is 600 g/mol. The van der Waals surface area contributed by atoms with Gasteiger partial charge in [-0.1, -0.05) is 12.1 Å². The number of piperazine rings is 1. The van der Waals surface area contributed by atoms with Gasteiger partial charge in [-0.05, 0) is 89.9 Å². The van der Waals surface area contributed by atoms with Gasteiger partial charge in [0.05, 0.1) is 32.9 Å². The highest BCUT2D eigenvalue weighted by Gasteiger charge is 2.27. The van der Waals surface area contributed by atoms with E-state index in [4.69, 9.17) is 14.2 Å². The molecule has 2 heterocycles. The van der Waals surface area contributed by atoms with Crippen LogP contribution in [0.3, 0.4) is 0 Å². The van der Waals surface area contributed by atoms with Crippen LogP contribution in [0.2, 0.25) is 0 Å². The molecule has 10 heteroatoms. The van der Waals surface area contributed by atoms with Gasteiger partial charge in [-0.25, -0.2) is 4.39 Å². The highest BCUT2D eigenvalue weighted by atomic mass is 19.1. The average molecular weight is 601 g/mol. The summed E-state index contributed by atoms with van der Waals surface area (Å²) >= 11 is 0. The molecule has 0 saturated carbocycles. The number of carbonyl (C=O) groups excluding carboxylic acids is 2. The van der Waals surface area contributed by atoms with Crippen LogP contribution in [0.15, 0.2) is 60.3 Å². The third-order valence-corrected chi connectivity index (χ3v) is 7.97. The van der Waals surface area contributed by atoms with Gasteiger partial charge in [-0.3, -0.25) is 14.6 Å². The van der Waals surface area contributed by atoms with Crippen molar-refractivity contribution in [3.05, 3.63) is 88.5 Å². The van der Waals surface area contributed by atoms with Crippen molar-refractivity contribution in [2.24, 2.45) is 0 Å². The maximum absolute atomic E-state index is 14.4. The SMILES string of the molecule is COc1cc(/C=C2/C(C)=C(CC(=O)NCc3ccccn3)c3cc(F)ccc32)cc(OC)c1OCC(=O)N1CCN(C)CC1. The average Bonchev–Trinajstić information content (AvgIpc) is 3.28. The van der Waals surface area contributed by atoms with Crippen molar-refractivity contribution in [3.8, 4) is 17.2 Å². The molecule has 1 saturated heterocycles. The molecule has 0 radical (unpaired) electrons. The van der Waals surface area contributed by atoms with Gasteiger partial charge >= 0.3 is 0 Å². The number of hydrogen-bond donors (Lipinski definition) is 1. The minimum atomic E-state index is -0.375. The van der Waals surface area contributed by atoms with Crippen LogP contribution in [0.25, 0.3) is 17.2 Å². The first kappa shape index (κ1) is 30.7. The van der Waals surface area contributed by atoms with E-state index in [-0.39, 0.29) is 30.7 Å².